The van der Waals surface area contributed by atoms with Crippen LogP contribution in [0.4, 0.5) is 5.69 Å². The van der Waals surface area contributed by atoms with Crippen LogP contribution in [0.15, 0.2) is 30.5 Å². The summed E-state index contributed by atoms with van der Waals surface area (Å²) in [6.45, 7) is 9.49. The highest BCUT2D eigenvalue weighted by Gasteiger charge is 2.15. The maximum atomic E-state index is 6.02. The van der Waals surface area contributed by atoms with Crippen LogP contribution in [0.1, 0.15) is 51.5 Å². The second-order valence-corrected chi connectivity index (χ2v) is 10.3. The molecule has 1 saturated carbocycles. The standard InChI is InChI=1S/C18H21ClN6.C7H15NS.C2H6/c1-24-6-8-25(9-7-24)11-12-2-4-13(5-3-12)17-22-16-15(20)14(19)10-21-18(16)23-17;1-9-8-7-5-3-2-4-6-7;1-2/h2-5,10H,6-9,11H2,1H3,(H3,20,21,22,23);7-8H,2-6H2,1H3;1-2H3. The van der Waals surface area contributed by atoms with E-state index in [-0.39, 0.29) is 0 Å². The summed E-state index contributed by atoms with van der Waals surface area (Å²) in [6.07, 6.45) is 10.7. The molecule has 5 rings (SSSR count). The van der Waals surface area contributed by atoms with E-state index in [1.807, 2.05) is 13.8 Å². The number of nitrogens with two attached hydrogens (primary N) is 1. The summed E-state index contributed by atoms with van der Waals surface area (Å²) in [7, 11) is 2.17. The predicted molar refractivity (Wildman–Crippen MR) is 156 cm³/mol. The van der Waals surface area contributed by atoms with Gasteiger partial charge in [0, 0.05) is 44.3 Å². The Morgan fingerprint density at radius 3 is 2.39 bits per heavy atom. The molecule has 1 aromatic carbocycles. The number of nitrogen functional groups attached to an aromatic ring is 1. The molecule has 3 aromatic rings. The lowest BCUT2D eigenvalue weighted by Gasteiger charge is -2.32. The number of benzene rings is 1. The van der Waals surface area contributed by atoms with Crippen LogP contribution < -0.4 is 10.5 Å². The first-order valence-electron chi connectivity index (χ1n) is 13.1. The molecule has 9 heteroatoms. The number of aromatic amines is 1. The van der Waals surface area contributed by atoms with E-state index in [1.165, 1.54) is 43.9 Å². The monoisotopic (exact) mass is 531 g/mol. The number of imidazole rings is 1. The van der Waals surface area contributed by atoms with Crippen LogP contribution in [-0.2, 0) is 6.54 Å². The third kappa shape index (κ3) is 8.08. The molecule has 198 valence electrons. The summed E-state index contributed by atoms with van der Waals surface area (Å²) < 4.78 is 3.40. The van der Waals surface area contributed by atoms with Crippen LogP contribution in [0.25, 0.3) is 22.6 Å². The van der Waals surface area contributed by atoms with E-state index >= 15 is 0 Å². The second kappa shape index (κ2) is 14.8. The first kappa shape index (κ1) is 28.7. The smallest absolute Gasteiger partial charge is 0.180 e. The molecule has 7 nitrogen and oxygen atoms in total. The van der Waals surface area contributed by atoms with Gasteiger partial charge in [0.2, 0.25) is 0 Å². The maximum Gasteiger partial charge on any atom is 0.180 e. The lowest BCUT2D eigenvalue weighted by Crippen LogP contribution is -2.43. The first-order chi connectivity index (χ1) is 17.5. The predicted octanol–water partition coefficient (Wildman–Crippen LogP) is 5.82. The molecule has 4 N–H and O–H groups in total. The Bertz CT molecular complexity index is 1040. The molecule has 0 atom stereocenters. The van der Waals surface area contributed by atoms with Crippen molar-refractivity contribution >= 4 is 40.4 Å². The molecule has 1 aliphatic heterocycles. The summed E-state index contributed by atoms with van der Waals surface area (Å²) >= 11 is 7.78. The molecule has 0 bridgehead atoms. The van der Waals surface area contributed by atoms with E-state index in [2.05, 4.69) is 67.0 Å². The molecular weight excluding hydrogens is 490 g/mol. The Morgan fingerprint density at radius 2 is 1.75 bits per heavy atom. The molecule has 0 amide bonds. The van der Waals surface area contributed by atoms with Crippen molar-refractivity contribution in [2.45, 2.75) is 58.5 Å². The van der Waals surface area contributed by atoms with E-state index in [0.717, 1.165) is 50.2 Å². The lowest BCUT2D eigenvalue weighted by molar-refractivity contribution is 0.148. The third-order valence-corrected chi connectivity index (χ3v) is 7.50. The molecule has 2 fully saturated rings. The van der Waals surface area contributed by atoms with Gasteiger partial charge in [0.1, 0.15) is 11.3 Å². The largest absolute Gasteiger partial charge is 0.396 e. The number of rotatable bonds is 5. The van der Waals surface area contributed by atoms with Gasteiger partial charge in [0.25, 0.3) is 0 Å². The number of H-pyrrole nitrogens is 1. The average molecular weight is 532 g/mol. The van der Waals surface area contributed by atoms with Crippen LogP contribution >= 0.6 is 23.5 Å². The molecule has 2 aliphatic rings. The van der Waals surface area contributed by atoms with Gasteiger partial charge in [-0.3, -0.25) is 9.62 Å². The highest BCUT2D eigenvalue weighted by molar-refractivity contribution is 7.96. The summed E-state index contributed by atoms with van der Waals surface area (Å²) in [5.74, 6) is 0.752. The van der Waals surface area contributed by atoms with Crippen molar-refractivity contribution in [1.82, 2.24) is 29.5 Å². The maximum absolute atomic E-state index is 6.02. The molecular formula is C27H42ClN7S. The number of piperazine rings is 1. The summed E-state index contributed by atoms with van der Waals surface area (Å²) in [5.41, 5.74) is 10.1. The minimum absolute atomic E-state index is 0.435. The van der Waals surface area contributed by atoms with Gasteiger partial charge in [0.05, 0.1) is 16.9 Å². The Kier molecular flexibility index (Phi) is 11.8. The Morgan fingerprint density at radius 1 is 1.08 bits per heavy atom. The van der Waals surface area contributed by atoms with E-state index in [0.29, 0.717) is 21.9 Å². The fourth-order valence-corrected chi connectivity index (χ4v) is 5.22. The van der Waals surface area contributed by atoms with Crippen LogP contribution in [0.2, 0.25) is 5.02 Å². The fraction of sp³-hybridized carbons (Fsp3) is 0.556. The number of nitrogens with zero attached hydrogens (tertiary/aromatic N) is 4. The normalized spacial score (nSPS) is 17.2. The van der Waals surface area contributed by atoms with Gasteiger partial charge >= 0.3 is 0 Å². The zero-order chi connectivity index (χ0) is 25.9. The number of pyridine rings is 1. The van der Waals surface area contributed by atoms with Crippen molar-refractivity contribution in [3.63, 3.8) is 0 Å². The summed E-state index contributed by atoms with van der Waals surface area (Å²) in [6, 6.07) is 9.30. The molecule has 1 saturated heterocycles. The van der Waals surface area contributed by atoms with Crippen molar-refractivity contribution in [3.05, 3.63) is 41.0 Å². The van der Waals surface area contributed by atoms with Gasteiger partial charge in [-0.15, -0.1) is 0 Å². The molecule has 2 aromatic heterocycles. The highest BCUT2D eigenvalue weighted by Crippen LogP contribution is 2.28. The van der Waals surface area contributed by atoms with Gasteiger partial charge in [-0.2, -0.15) is 0 Å². The van der Waals surface area contributed by atoms with E-state index in [4.69, 9.17) is 17.3 Å². The minimum Gasteiger partial charge on any atom is -0.396 e. The Labute approximate surface area is 225 Å². The molecule has 36 heavy (non-hydrogen) atoms. The number of anilines is 1. The quantitative estimate of drug-likeness (QED) is 0.357. The minimum atomic E-state index is 0.435. The van der Waals surface area contributed by atoms with Gasteiger partial charge in [-0.05, 0) is 31.7 Å². The van der Waals surface area contributed by atoms with Crippen LogP contribution in [0.3, 0.4) is 0 Å². The second-order valence-electron chi connectivity index (χ2n) is 9.24. The van der Waals surface area contributed by atoms with Crippen LogP contribution in [0.5, 0.6) is 0 Å². The van der Waals surface area contributed by atoms with E-state index in [1.54, 1.807) is 11.9 Å². The summed E-state index contributed by atoms with van der Waals surface area (Å²) in [5, 5.41) is 0.435. The number of fused-ring (bicyclic) bond motifs is 1. The first-order valence-corrected chi connectivity index (χ1v) is 14.7. The van der Waals surface area contributed by atoms with Crippen molar-refractivity contribution in [2.24, 2.45) is 0 Å². The number of hydrogen-bond acceptors (Lipinski definition) is 7. The van der Waals surface area contributed by atoms with Crippen molar-refractivity contribution in [1.29, 1.82) is 0 Å². The van der Waals surface area contributed by atoms with Crippen LogP contribution in [-0.4, -0.2) is 70.3 Å². The number of hydrogen-bond donors (Lipinski definition) is 3. The number of aromatic nitrogens is 3. The van der Waals surface area contributed by atoms with Crippen molar-refractivity contribution < 1.29 is 0 Å². The molecule has 0 radical (unpaired) electrons. The number of halogens is 1. The van der Waals surface area contributed by atoms with Gasteiger partial charge < -0.3 is 15.6 Å². The average Bonchev–Trinajstić information content (AvgIpc) is 3.36. The zero-order valence-electron chi connectivity index (χ0n) is 22.2. The Balaban J connectivity index is 0.000000276. The molecule has 0 spiro atoms. The number of nitrogens with one attached hydrogen (secondary N) is 2. The number of likely N-dealkylation sites (N-methyl/N-ethyl adjacent to an activating group) is 1. The van der Waals surface area contributed by atoms with Crippen LogP contribution in [0, 0.1) is 0 Å². The molecule has 1 aliphatic carbocycles. The summed E-state index contributed by atoms with van der Waals surface area (Å²) in [4.78, 5) is 16.8. The van der Waals surface area contributed by atoms with Gasteiger partial charge in [0.15, 0.2) is 5.65 Å². The van der Waals surface area contributed by atoms with Gasteiger partial charge in [-0.1, -0.05) is 80.9 Å². The highest BCUT2D eigenvalue weighted by atomic mass is 35.5. The molecule has 0 unspecified atom stereocenters. The Hall–Kier alpha value is -1.84. The van der Waals surface area contributed by atoms with Crippen molar-refractivity contribution in [3.8, 4) is 11.4 Å². The van der Waals surface area contributed by atoms with E-state index < -0.39 is 0 Å². The lowest BCUT2D eigenvalue weighted by atomic mass is 9.96. The van der Waals surface area contributed by atoms with Crippen molar-refractivity contribution in [2.75, 3.05) is 45.2 Å². The van der Waals surface area contributed by atoms with Gasteiger partial charge in [-0.25, -0.2) is 9.97 Å². The van der Waals surface area contributed by atoms with E-state index in [9.17, 15) is 0 Å². The molecule has 3 heterocycles. The SMILES string of the molecule is CC.CN1CCN(Cc2ccc(-c3nc4ncc(Cl)c(N)c4[nH]3)cc2)CC1.CSNC1CCCCC1. The zero-order valence-corrected chi connectivity index (χ0v) is 23.8. The third-order valence-electron chi connectivity index (χ3n) is 6.63. The topological polar surface area (TPSA) is 86.1 Å². The fourth-order valence-electron chi connectivity index (χ4n) is 4.51.